The number of nitrogens with one attached hydrogen (secondary N) is 2. The van der Waals surface area contributed by atoms with Gasteiger partial charge in [-0.25, -0.2) is 9.78 Å². The molecule has 180 valence electrons. The van der Waals surface area contributed by atoms with Crippen LogP contribution in [0.3, 0.4) is 0 Å². The highest BCUT2D eigenvalue weighted by atomic mass is 16.5. The summed E-state index contributed by atoms with van der Waals surface area (Å²) in [7, 11) is 0. The van der Waals surface area contributed by atoms with Gasteiger partial charge < -0.3 is 20.1 Å². The predicted molar refractivity (Wildman–Crippen MR) is 138 cm³/mol. The van der Waals surface area contributed by atoms with Gasteiger partial charge in [0.1, 0.15) is 17.2 Å². The second-order valence-electron chi connectivity index (χ2n) is 10.5. The molecule has 1 aromatic heterocycles. The molecule has 6 heteroatoms. The minimum Gasteiger partial charge on any atom is -0.494 e. The van der Waals surface area contributed by atoms with Crippen LogP contribution in [0.15, 0.2) is 66.9 Å². The summed E-state index contributed by atoms with van der Waals surface area (Å²) in [6.07, 6.45) is 2.60. The van der Waals surface area contributed by atoms with Crippen LogP contribution in [0.5, 0.6) is 17.4 Å². The van der Waals surface area contributed by atoms with Gasteiger partial charge in [-0.05, 0) is 59.7 Å². The van der Waals surface area contributed by atoms with Crippen LogP contribution in [0.25, 0.3) is 0 Å². The number of aromatic nitrogens is 1. The average molecular weight is 462 g/mol. The maximum atomic E-state index is 12.6. The van der Waals surface area contributed by atoms with Gasteiger partial charge in [-0.1, -0.05) is 59.7 Å². The number of ether oxygens (including phenoxy) is 2. The number of pyridine rings is 1. The summed E-state index contributed by atoms with van der Waals surface area (Å²) < 4.78 is 11.9. The zero-order chi connectivity index (χ0) is 24.8. The molecule has 0 aliphatic carbocycles. The van der Waals surface area contributed by atoms with Crippen molar-refractivity contribution < 1.29 is 14.3 Å². The monoisotopic (exact) mass is 461 g/mol. The van der Waals surface area contributed by atoms with Crippen LogP contribution in [0.4, 0.5) is 16.2 Å². The van der Waals surface area contributed by atoms with E-state index in [0.717, 1.165) is 17.7 Å². The van der Waals surface area contributed by atoms with Crippen molar-refractivity contribution in [2.24, 2.45) is 5.41 Å². The second-order valence-corrected chi connectivity index (χ2v) is 10.5. The molecule has 2 amide bonds. The lowest BCUT2D eigenvalue weighted by Gasteiger charge is -2.22. The Hall–Kier alpha value is -3.54. The van der Waals surface area contributed by atoms with Gasteiger partial charge in [0.15, 0.2) is 0 Å². The van der Waals surface area contributed by atoms with E-state index in [1.807, 2.05) is 48.5 Å². The molecule has 0 saturated carbocycles. The van der Waals surface area contributed by atoms with E-state index in [1.165, 1.54) is 0 Å². The molecule has 0 atom stereocenters. The standard InChI is InChI=1S/C28H35N3O3/c1-27(2,3)17-19-33-21-15-13-20(14-16-21)30-26(32)31-23-11-9-18-29-25(23)34-24-12-8-7-10-22(24)28(4,5)6/h7-16,18H,17,19H2,1-6H3,(H2,30,31,32). The minimum absolute atomic E-state index is 0.0983. The van der Waals surface area contributed by atoms with E-state index >= 15 is 0 Å². The molecule has 0 bridgehead atoms. The molecule has 1 heterocycles. The van der Waals surface area contributed by atoms with E-state index < -0.39 is 0 Å². The number of anilines is 2. The Morgan fingerprint density at radius 1 is 0.882 bits per heavy atom. The molecule has 34 heavy (non-hydrogen) atoms. The third-order valence-electron chi connectivity index (χ3n) is 5.15. The molecule has 0 aliphatic heterocycles. The van der Waals surface area contributed by atoms with Gasteiger partial charge in [0.2, 0.25) is 5.88 Å². The summed E-state index contributed by atoms with van der Waals surface area (Å²) in [6, 6.07) is 18.3. The predicted octanol–water partition coefficient (Wildman–Crippen LogP) is 7.63. The molecule has 3 aromatic rings. The highest BCUT2D eigenvalue weighted by Crippen LogP contribution is 2.35. The number of nitrogens with zero attached hydrogens (tertiary/aromatic N) is 1. The number of carbonyl (C=O) groups excluding carboxylic acids is 1. The summed E-state index contributed by atoms with van der Waals surface area (Å²) in [5.74, 6) is 1.81. The van der Waals surface area contributed by atoms with E-state index in [1.54, 1.807) is 18.3 Å². The Kier molecular flexibility index (Phi) is 7.82. The molecule has 2 aromatic carbocycles. The van der Waals surface area contributed by atoms with Gasteiger partial charge in [-0.2, -0.15) is 0 Å². The van der Waals surface area contributed by atoms with Crippen molar-refractivity contribution in [1.29, 1.82) is 0 Å². The Balaban J connectivity index is 1.64. The lowest BCUT2D eigenvalue weighted by molar-refractivity contribution is 0.243. The Labute approximate surface area is 202 Å². The number of urea groups is 1. The van der Waals surface area contributed by atoms with Crippen molar-refractivity contribution in [1.82, 2.24) is 4.98 Å². The van der Waals surface area contributed by atoms with Crippen molar-refractivity contribution in [3.05, 3.63) is 72.4 Å². The maximum absolute atomic E-state index is 12.6. The first-order valence-electron chi connectivity index (χ1n) is 11.5. The lowest BCUT2D eigenvalue weighted by Crippen LogP contribution is -2.20. The van der Waals surface area contributed by atoms with E-state index in [2.05, 4.69) is 57.2 Å². The van der Waals surface area contributed by atoms with Crippen molar-refractivity contribution in [2.45, 2.75) is 53.4 Å². The van der Waals surface area contributed by atoms with Crippen LogP contribution in [0, 0.1) is 5.41 Å². The van der Waals surface area contributed by atoms with E-state index in [0.29, 0.717) is 29.6 Å². The molecule has 0 aliphatic rings. The molecule has 0 spiro atoms. The quantitative estimate of drug-likeness (QED) is 0.379. The second kappa shape index (κ2) is 10.6. The van der Waals surface area contributed by atoms with Crippen LogP contribution in [-0.4, -0.2) is 17.6 Å². The Morgan fingerprint density at radius 3 is 2.26 bits per heavy atom. The summed E-state index contributed by atoms with van der Waals surface area (Å²) in [6.45, 7) is 13.6. The number of amides is 2. The van der Waals surface area contributed by atoms with Crippen LogP contribution < -0.4 is 20.1 Å². The highest BCUT2D eigenvalue weighted by molar-refractivity contribution is 6.00. The van der Waals surface area contributed by atoms with Crippen molar-refractivity contribution in [3.63, 3.8) is 0 Å². The fourth-order valence-electron chi connectivity index (χ4n) is 3.24. The molecule has 0 radical (unpaired) electrons. The molecule has 6 nitrogen and oxygen atoms in total. The number of benzene rings is 2. The van der Waals surface area contributed by atoms with Crippen LogP contribution >= 0.6 is 0 Å². The van der Waals surface area contributed by atoms with Crippen molar-refractivity contribution in [2.75, 3.05) is 17.2 Å². The topological polar surface area (TPSA) is 72.5 Å². The van der Waals surface area contributed by atoms with Gasteiger partial charge in [0.25, 0.3) is 0 Å². The van der Waals surface area contributed by atoms with Crippen LogP contribution in [0.2, 0.25) is 0 Å². The molecule has 2 N–H and O–H groups in total. The van der Waals surface area contributed by atoms with Gasteiger partial charge in [-0.3, -0.25) is 0 Å². The summed E-state index contributed by atoms with van der Waals surface area (Å²) in [5, 5.41) is 5.67. The van der Waals surface area contributed by atoms with Crippen molar-refractivity contribution >= 4 is 17.4 Å². The van der Waals surface area contributed by atoms with E-state index in [-0.39, 0.29) is 16.9 Å². The number of carbonyl (C=O) groups is 1. The zero-order valence-electron chi connectivity index (χ0n) is 20.9. The first kappa shape index (κ1) is 25.1. The van der Waals surface area contributed by atoms with Gasteiger partial charge in [0, 0.05) is 17.4 Å². The normalized spacial score (nSPS) is 11.6. The number of hydrogen-bond acceptors (Lipinski definition) is 4. The van der Waals surface area contributed by atoms with Gasteiger partial charge in [-0.15, -0.1) is 0 Å². The third-order valence-corrected chi connectivity index (χ3v) is 5.15. The smallest absolute Gasteiger partial charge is 0.323 e. The number of para-hydroxylation sites is 1. The third kappa shape index (κ3) is 7.51. The van der Waals surface area contributed by atoms with Crippen molar-refractivity contribution in [3.8, 4) is 17.4 Å². The fourth-order valence-corrected chi connectivity index (χ4v) is 3.24. The summed E-state index contributed by atoms with van der Waals surface area (Å²) in [4.78, 5) is 17.0. The van der Waals surface area contributed by atoms with Crippen LogP contribution in [-0.2, 0) is 5.41 Å². The number of rotatable bonds is 7. The summed E-state index contributed by atoms with van der Waals surface area (Å²) >= 11 is 0. The first-order valence-corrected chi connectivity index (χ1v) is 11.5. The molecule has 3 rings (SSSR count). The highest BCUT2D eigenvalue weighted by Gasteiger charge is 2.20. The maximum Gasteiger partial charge on any atom is 0.323 e. The molecule has 0 fully saturated rings. The van der Waals surface area contributed by atoms with E-state index in [9.17, 15) is 4.79 Å². The lowest BCUT2D eigenvalue weighted by atomic mass is 9.86. The largest absolute Gasteiger partial charge is 0.494 e. The van der Waals surface area contributed by atoms with E-state index in [4.69, 9.17) is 9.47 Å². The molecular formula is C28H35N3O3. The SMILES string of the molecule is CC(C)(C)CCOc1ccc(NC(=O)Nc2cccnc2Oc2ccccc2C(C)(C)C)cc1. The van der Waals surface area contributed by atoms with Gasteiger partial charge >= 0.3 is 6.03 Å². The van der Waals surface area contributed by atoms with Crippen LogP contribution in [0.1, 0.15) is 53.5 Å². The Bertz CT molecular complexity index is 1100. The fraction of sp³-hybridized carbons (Fsp3) is 0.357. The van der Waals surface area contributed by atoms with Gasteiger partial charge in [0.05, 0.1) is 6.61 Å². The average Bonchev–Trinajstić information content (AvgIpc) is 2.75. The molecular weight excluding hydrogens is 426 g/mol. The summed E-state index contributed by atoms with van der Waals surface area (Å²) in [5.41, 5.74) is 2.32. The number of hydrogen-bond donors (Lipinski definition) is 2. The Morgan fingerprint density at radius 2 is 1.59 bits per heavy atom. The molecule has 0 unspecified atom stereocenters. The first-order chi connectivity index (χ1) is 16.0. The molecule has 0 saturated heterocycles. The zero-order valence-corrected chi connectivity index (χ0v) is 20.9. The minimum atomic E-state index is -0.386.